The maximum Gasteiger partial charge on any atom is 0.402 e. The van der Waals surface area contributed by atoms with Gasteiger partial charge in [-0.2, -0.15) is 5.26 Å². The molecule has 0 bridgehead atoms. The van der Waals surface area contributed by atoms with Crippen LogP contribution in [0.1, 0.15) is 33.3 Å². The Labute approximate surface area is 130 Å². The van der Waals surface area contributed by atoms with Crippen LogP contribution in [0.2, 0.25) is 0 Å². The van der Waals surface area contributed by atoms with Crippen molar-refractivity contribution in [3.63, 3.8) is 0 Å². The summed E-state index contributed by atoms with van der Waals surface area (Å²) in [7, 11) is 0. The molecule has 1 aromatic carbocycles. The first-order chi connectivity index (χ1) is 9.86. The van der Waals surface area contributed by atoms with Crippen LogP contribution in [0.5, 0.6) is 0 Å². The second-order valence-corrected chi connectivity index (χ2v) is 7.58. The molecule has 114 valence electrons. The largest absolute Gasteiger partial charge is 0.402 e. The van der Waals surface area contributed by atoms with Crippen molar-refractivity contribution < 1.29 is 13.7 Å². The molecule has 7 heteroatoms. The Kier molecular flexibility index (Phi) is 7.00. The molecule has 0 aliphatic heterocycles. The van der Waals surface area contributed by atoms with Crippen molar-refractivity contribution in [2.45, 2.75) is 39.9 Å². The summed E-state index contributed by atoms with van der Waals surface area (Å²) in [5, 5.41) is 13.0. The molecule has 0 radical (unpaired) electrons. The Morgan fingerprint density at radius 1 is 1.14 bits per heavy atom. The molecule has 0 atom stereocenters. The number of nitriles is 1. The Balaban J connectivity index is 2.95. The van der Waals surface area contributed by atoms with Crippen LogP contribution in [0.3, 0.4) is 0 Å². The molecule has 0 heterocycles. The van der Waals surface area contributed by atoms with Gasteiger partial charge < -0.3 is 4.62 Å². The Hall–Kier alpha value is -1.25. The third-order valence-electron chi connectivity index (χ3n) is 2.07. The van der Waals surface area contributed by atoms with E-state index in [9.17, 15) is 5.26 Å². The summed E-state index contributed by atoms with van der Waals surface area (Å²) in [5.74, 6) is 0. The number of nitrogens with zero attached hydrogens (tertiary/aromatic N) is 2. The van der Waals surface area contributed by atoms with E-state index >= 15 is 0 Å². The second kappa shape index (κ2) is 8.26. The number of rotatable bonds is 7. The highest BCUT2D eigenvalue weighted by atomic mass is 32.5. The Morgan fingerprint density at radius 2 is 1.67 bits per heavy atom. The molecule has 1 aromatic rings. The standard InChI is InChI=1S/C14H19N2O3PS/c1-11(2)17-20(21,18-12(3)4)19-16-14(10-15)13-8-6-5-7-9-13/h5-9,11-12H,1-4H3/b16-14-. The molecule has 5 nitrogen and oxygen atoms in total. The van der Waals surface area contributed by atoms with Crippen molar-refractivity contribution in [1.29, 1.82) is 5.26 Å². The van der Waals surface area contributed by atoms with Crippen molar-refractivity contribution in [3.8, 4) is 6.07 Å². The lowest BCUT2D eigenvalue weighted by Crippen LogP contribution is -2.09. The lowest BCUT2D eigenvalue weighted by Gasteiger charge is -2.22. The van der Waals surface area contributed by atoms with Crippen molar-refractivity contribution in [1.82, 2.24) is 0 Å². The van der Waals surface area contributed by atoms with Gasteiger partial charge in [0.25, 0.3) is 0 Å². The van der Waals surface area contributed by atoms with Crippen LogP contribution in [-0.4, -0.2) is 17.9 Å². The fourth-order valence-corrected chi connectivity index (χ4v) is 3.88. The minimum atomic E-state index is -3.02. The van der Waals surface area contributed by atoms with Gasteiger partial charge >= 0.3 is 6.72 Å². The molecular weight excluding hydrogens is 307 g/mol. The van der Waals surface area contributed by atoms with E-state index in [1.807, 2.05) is 52.0 Å². The summed E-state index contributed by atoms with van der Waals surface area (Å²) in [4.78, 5) is 0. The van der Waals surface area contributed by atoms with E-state index in [0.717, 1.165) is 0 Å². The van der Waals surface area contributed by atoms with E-state index in [1.165, 1.54) is 0 Å². The first kappa shape index (κ1) is 17.8. The van der Waals surface area contributed by atoms with Crippen molar-refractivity contribution >= 4 is 24.2 Å². The molecule has 0 unspecified atom stereocenters. The third kappa shape index (κ3) is 6.36. The van der Waals surface area contributed by atoms with Gasteiger partial charge in [0.15, 0.2) is 5.71 Å². The SMILES string of the molecule is CC(C)OP(=S)(O/N=C(/C#N)c1ccccc1)OC(C)C. The number of hydrogen-bond donors (Lipinski definition) is 0. The van der Waals surface area contributed by atoms with Crippen LogP contribution < -0.4 is 0 Å². The maximum absolute atomic E-state index is 9.18. The predicted molar refractivity (Wildman–Crippen MR) is 86.4 cm³/mol. The molecule has 0 aliphatic rings. The smallest absolute Gasteiger partial charge is 0.312 e. The van der Waals surface area contributed by atoms with Crippen LogP contribution in [0.4, 0.5) is 0 Å². The van der Waals surface area contributed by atoms with E-state index < -0.39 is 6.72 Å². The minimum Gasteiger partial charge on any atom is -0.312 e. The summed E-state index contributed by atoms with van der Waals surface area (Å²) in [6, 6.07) is 11.0. The second-order valence-electron chi connectivity index (χ2n) is 4.75. The topological polar surface area (TPSA) is 63.8 Å². The lowest BCUT2D eigenvalue weighted by molar-refractivity contribution is 0.112. The van der Waals surface area contributed by atoms with Crippen LogP contribution in [0, 0.1) is 11.3 Å². The molecule has 0 fully saturated rings. The zero-order valence-corrected chi connectivity index (χ0v) is 14.2. The van der Waals surface area contributed by atoms with Gasteiger partial charge in [0.05, 0.1) is 12.2 Å². The van der Waals surface area contributed by atoms with Gasteiger partial charge in [0, 0.05) is 17.4 Å². The van der Waals surface area contributed by atoms with E-state index in [0.29, 0.717) is 5.56 Å². The first-order valence-corrected chi connectivity index (χ1v) is 9.11. The summed E-state index contributed by atoms with van der Waals surface area (Å²) in [6.45, 7) is 4.31. The van der Waals surface area contributed by atoms with E-state index in [4.69, 9.17) is 25.5 Å². The fraction of sp³-hybridized carbons (Fsp3) is 0.429. The summed E-state index contributed by atoms with van der Waals surface area (Å²) >= 11 is 5.30. The van der Waals surface area contributed by atoms with E-state index in [-0.39, 0.29) is 17.9 Å². The van der Waals surface area contributed by atoms with Gasteiger partial charge in [0.2, 0.25) is 0 Å². The third-order valence-corrected chi connectivity index (χ3v) is 4.42. The highest BCUT2D eigenvalue weighted by Crippen LogP contribution is 2.52. The van der Waals surface area contributed by atoms with Gasteiger partial charge in [-0.25, -0.2) is 0 Å². The van der Waals surface area contributed by atoms with Crippen LogP contribution in [0.15, 0.2) is 35.5 Å². The molecule has 0 saturated carbocycles. The fourth-order valence-electron chi connectivity index (χ4n) is 1.40. The maximum atomic E-state index is 9.18. The van der Waals surface area contributed by atoms with Crippen LogP contribution in [-0.2, 0) is 25.5 Å². The molecule has 0 N–H and O–H groups in total. The van der Waals surface area contributed by atoms with Crippen molar-refractivity contribution in [2.75, 3.05) is 0 Å². The summed E-state index contributed by atoms with van der Waals surface area (Å²) in [5.41, 5.74) is 0.778. The lowest BCUT2D eigenvalue weighted by atomic mass is 10.1. The minimum absolute atomic E-state index is 0.129. The molecule has 0 spiro atoms. The zero-order chi connectivity index (χ0) is 15.9. The monoisotopic (exact) mass is 326 g/mol. The Morgan fingerprint density at radius 3 is 2.10 bits per heavy atom. The number of hydrogen-bond acceptors (Lipinski definition) is 6. The van der Waals surface area contributed by atoms with Gasteiger partial charge in [0.1, 0.15) is 6.07 Å². The highest BCUT2D eigenvalue weighted by molar-refractivity contribution is 8.07. The number of benzene rings is 1. The molecule has 21 heavy (non-hydrogen) atoms. The molecule has 0 saturated heterocycles. The Bertz CT molecular complexity index is 553. The summed E-state index contributed by atoms with van der Waals surface area (Å²) in [6.07, 6.45) is -0.320. The first-order valence-electron chi connectivity index (χ1n) is 6.55. The van der Waals surface area contributed by atoms with Gasteiger partial charge in [-0.1, -0.05) is 35.5 Å². The van der Waals surface area contributed by atoms with Crippen LogP contribution in [0.25, 0.3) is 0 Å². The predicted octanol–water partition coefficient (Wildman–Crippen LogP) is 4.01. The molecule has 0 amide bonds. The molecular formula is C14H19N2O3PS. The molecule has 0 aliphatic carbocycles. The number of oxime groups is 1. The van der Waals surface area contributed by atoms with Crippen LogP contribution >= 0.6 is 6.72 Å². The quantitative estimate of drug-likeness (QED) is 0.430. The molecule has 0 aromatic heterocycles. The van der Waals surface area contributed by atoms with Crippen molar-refractivity contribution in [3.05, 3.63) is 35.9 Å². The van der Waals surface area contributed by atoms with E-state index in [2.05, 4.69) is 5.16 Å². The highest BCUT2D eigenvalue weighted by Gasteiger charge is 2.26. The summed E-state index contributed by atoms with van der Waals surface area (Å²) < 4.78 is 16.4. The zero-order valence-electron chi connectivity index (χ0n) is 12.5. The normalized spacial score (nSPS) is 12.5. The van der Waals surface area contributed by atoms with Gasteiger partial charge in [-0.15, -0.1) is 0 Å². The molecule has 1 rings (SSSR count). The average Bonchev–Trinajstić information content (AvgIpc) is 2.38. The van der Waals surface area contributed by atoms with Gasteiger partial charge in [-0.3, -0.25) is 9.05 Å². The van der Waals surface area contributed by atoms with Crippen molar-refractivity contribution in [2.24, 2.45) is 5.16 Å². The average molecular weight is 326 g/mol. The van der Waals surface area contributed by atoms with Gasteiger partial charge in [-0.05, 0) is 27.7 Å². The van der Waals surface area contributed by atoms with E-state index in [1.54, 1.807) is 12.1 Å².